The molecule has 1 aliphatic rings. The van der Waals surface area contributed by atoms with Crippen molar-refractivity contribution in [2.24, 2.45) is 7.05 Å². The van der Waals surface area contributed by atoms with Gasteiger partial charge in [0.15, 0.2) is 0 Å². The number of nitrogens with zero attached hydrogens (tertiary/aromatic N) is 7. The number of rotatable bonds is 4. The van der Waals surface area contributed by atoms with Crippen LogP contribution in [0.25, 0.3) is 33.4 Å². The van der Waals surface area contributed by atoms with Crippen LogP contribution in [0.4, 0.5) is 5.69 Å². The minimum Gasteiger partial charge on any atom is -0.424 e. The molecule has 0 fully saturated rings. The first kappa shape index (κ1) is 23.3. The van der Waals surface area contributed by atoms with Crippen LogP contribution in [0.2, 0.25) is 6.32 Å². The summed E-state index contributed by atoms with van der Waals surface area (Å²) >= 11 is 0. The molecule has 0 atom stereocenters. The van der Waals surface area contributed by atoms with Crippen molar-refractivity contribution >= 4 is 29.0 Å². The number of nitriles is 1. The number of ether oxygens (including phenoxy) is 1. The normalized spacial score (nSPS) is 12.4. The summed E-state index contributed by atoms with van der Waals surface area (Å²) in [6, 6.07) is 14.4. The second-order valence-electron chi connectivity index (χ2n) is 9.17. The number of non-ortho nitro benzene ring substituents is 1. The largest absolute Gasteiger partial charge is 0.424 e. The Kier molecular flexibility index (Phi) is 5.57. The molecule has 2 aromatic carbocycles. The van der Waals surface area contributed by atoms with Crippen molar-refractivity contribution < 1.29 is 9.66 Å². The number of aryl methyl sites for hydroxylation is 3. The first-order valence-corrected chi connectivity index (χ1v) is 12.0. The highest BCUT2D eigenvalue weighted by atomic mass is 16.6. The predicted octanol–water partition coefficient (Wildman–Crippen LogP) is 4.42. The number of hydrogen-bond donors (Lipinski definition) is 0. The standard InChI is InChI=1S/C27H20BN7O3/c1-16-10-12-30-27(33-16)38-20-7-8-21-18(13-20)9-11-28(14-29)25-23-22(21)24(34(2)26(23)32-15-31-25)17-3-5-19(6-4-17)35(36)37/h3-8,10,12-13,15H,9,11H2,1-2H3. The number of nitro benzene ring substituents is 1. The highest BCUT2D eigenvalue weighted by Gasteiger charge is 2.31. The number of aromatic nitrogens is 5. The fourth-order valence-electron chi connectivity index (χ4n) is 5.11. The average molecular weight is 501 g/mol. The van der Waals surface area contributed by atoms with Gasteiger partial charge in [0.05, 0.1) is 10.6 Å². The van der Waals surface area contributed by atoms with Gasteiger partial charge in [0.2, 0.25) is 0 Å². The lowest BCUT2D eigenvalue weighted by molar-refractivity contribution is -0.384. The van der Waals surface area contributed by atoms with Gasteiger partial charge in [-0.2, -0.15) is 0 Å². The van der Waals surface area contributed by atoms with Crippen LogP contribution in [0.15, 0.2) is 61.1 Å². The molecule has 0 saturated heterocycles. The number of benzene rings is 2. The third-order valence-corrected chi connectivity index (χ3v) is 6.86. The Morgan fingerprint density at radius 1 is 1.13 bits per heavy atom. The smallest absolute Gasteiger partial charge is 0.323 e. The van der Waals surface area contributed by atoms with Crippen molar-refractivity contribution in [1.29, 1.82) is 5.26 Å². The molecule has 184 valence electrons. The Balaban J connectivity index is 1.59. The van der Waals surface area contributed by atoms with Crippen LogP contribution in [0, 0.1) is 28.3 Å². The third-order valence-electron chi connectivity index (χ3n) is 6.86. The van der Waals surface area contributed by atoms with Gasteiger partial charge in [0, 0.05) is 53.6 Å². The van der Waals surface area contributed by atoms with Gasteiger partial charge in [-0.25, -0.2) is 25.2 Å². The van der Waals surface area contributed by atoms with Crippen LogP contribution in [-0.4, -0.2) is 36.1 Å². The molecule has 0 radical (unpaired) electrons. The zero-order chi connectivity index (χ0) is 26.4. The average Bonchev–Trinajstić information content (AvgIpc) is 3.21. The quantitative estimate of drug-likeness (QED) is 0.201. The summed E-state index contributed by atoms with van der Waals surface area (Å²) in [5, 5.41) is 22.1. The zero-order valence-electron chi connectivity index (χ0n) is 20.6. The fraction of sp³-hybridized carbons (Fsp3) is 0.148. The molecule has 0 aliphatic carbocycles. The lowest BCUT2D eigenvalue weighted by atomic mass is 9.44. The first-order valence-electron chi connectivity index (χ1n) is 12.0. The maximum Gasteiger partial charge on any atom is 0.323 e. The van der Waals surface area contributed by atoms with E-state index in [-0.39, 0.29) is 11.7 Å². The minimum absolute atomic E-state index is 0.0146. The third kappa shape index (κ3) is 3.83. The van der Waals surface area contributed by atoms with Crippen LogP contribution < -0.4 is 10.3 Å². The van der Waals surface area contributed by atoms with Crippen LogP contribution in [0.3, 0.4) is 0 Å². The Labute approximate surface area is 217 Å². The summed E-state index contributed by atoms with van der Waals surface area (Å²) < 4.78 is 7.93. The summed E-state index contributed by atoms with van der Waals surface area (Å²) in [6.45, 7) is 1.45. The van der Waals surface area contributed by atoms with E-state index in [4.69, 9.17) is 4.74 Å². The highest BCUT2D eigenvalue weighted by molar-refractivity contribution is 6.81. The predicted molar refractivity (Wildman–Crippen MR) is 142 cm³/mol. The summed E-state index contributed by atoms with van der Waals surface area (Å²) in [5.41, 5.74) is 6.69. The molecule has 5 aromatic rings. The topological polar surface area (TPSA) is 133 Å². The second kappa shape index (κ2) is 9.08. The van der Waals surface area contributed by atoms with E-state index in [0.717, 1.165) is 39.0 Å². The van der Waals surface area contributed by atoms with Gasteiger partial charge in [-0.1, -0.05) is 6.07 Å². The van der Waals surface area contributed by atoms with E-state index in [1.165, 1.54) is 18.5 Å². The van der Waals surface area contributed by atoms with Crippen molar-refractivity contribution in [3.8, 4) is 40.1 Å². The summed E-state index contributed by atoms with van der Waals surface area (Å²) in [4.78, 5) is 28.5. The van der Waals surface area contributed by atoms with Gasteiger partial charge in [0.25, 0.3) is 5.69 Å². The molecule has 1 aliphatic heterocycles. The fourth-order valence-corrected chi connectivity index (χ4v) is 5.11. The van der Waals surface area contributed by atoms with Crippen LogP contribution in [-0.2, 0) is 13.5 Å². The van der Waals surface area contributed by atoms with Gasteiger partial charge < -0.3 is 9.30 Å². The molecule has 0 N–H and O–H groups in total. The van der Waals surface area contributed by atoms with Crippen LogP contribution in [0.5, 0.6) is 11.8 Å². The van der Waals surface area contributed by atoms with Crippen molar-refractivity contribution in [2.45, 2.75) is 19.7 Å². The van der Waals surface area contributed by atoms with Crippen LogP contribution >= 0.6 is 0 Å². The lowest BCUT2D eigenvalue weighted by Gasteiger charge is -2.18. The van der Waals surface area contributed by atoms with Crippen molar-refractivity contribution in [3.63, 3.8) is 0 Å². The van der Waals surface area contributed by atoms with E-state index in [1.807, 2.05) is 36.7 Å². The van der Waals surface area contributed by atoms with E-state index in [0.29, 0.717) is 29.7 Å². The molecule has 4 heterocycles. The summed E-state index contributed by atoms with van der Waals surface area (Å²) in [7, 11) is 1.91. The van der Waals surface area contributed by atoms with Crippen molar-refractivity contribution in [1.82, 2.24) is 24.5 Å². The molecule has 10 nitrogen and oxygen atoms in total. The Hall–Kier alpha value is -5.11. The number of hydrogen-bond acceptors (Lipinski definition) is 8. The highest BCUT2D eigenvalue weighted by Crippen LogP contribution is 2.43. The SMILES string of the molecule is Cc1ccnc(Oc2ccc3c(c2)CCB(C#N)c2ncnc4c2c-3c(-c2ccc([N+](=O)[O-])cc2)n4C)n1. The van der Waals surface area contributed by atoms with Crippen molar-refractivity contribution in [3.05, 3.63) is 82.4 Å². The van der Waals surface area contributed by atoms with E-state index >= 15 is 0 Å². The molecule has 0 amide bonds. The van der Waals surface area contributed by atoms with Crippen LogP contribution in [0.1, 0.15) is 11.3 Å². The zero-order valence-corrected chi connectivity index (χ0v) is 20.6. The van der Waals surface area contributed by atoms with Gasteiger partial charge in [-0.05, 0) is 66.7 Å². The second-order valence-corrected chi connectivity index (χ2v) is 9.17. The number of fused-ring (bicyclic) bond motifs is 2. The van der Waals surface area contributed by atoms with E-state index in [1.54, 1.807) is 24.4 Å². The minimum atomic E-state index is -0.427. The van der Waals surface area contributed by atoms with Gasteiger partial charge in [-0.15, -0.1) is 0 Å². The molecular weight excluding hydrogens is 481 g/mol. The van der Waals surface area contributed by atoms with E-state index < -0.39 is 11.6 Å². The molecule has 0 spiro atoms. The number of nitro groups is 1. The first-order chi connectivity index (χ1) is 18.4. The monoisotopic (exact) mass is 501 g/mol. The molecule has 3 aromatic heterocycles. The maximum absolute atomic E-state index is 11.3. The summed E-state index contributed by atoms with van der Waals surface area (Å²) in [6.07, 6.45) is 4.35. The Morgan fingerprint density at radius 3 is 2.68 bits per heavy atom. The van der Waals surface area contributed by atoms with Gasteiger partial charge in [-0.3, -0.25) is 10.1 Å². The molecule has 0 unspecified atom stereocenters. The van der Waals surface area contributed by atoms with E-state index in [2.05, 4.69) is 25.9 Å². The van der Waals surface area contributed by atoms with Gasteiger partial charge in [0.1, 0.15) is 17.7 Å². The van der Waals surface area contributed by atoms with Gasteiger partial charge >= 0.3 is 12.7 Å². The molecule has 0 saturated carbocycles. The molecule has 38 heavy (non-hydrogen) atoms. The van der Waals surface area contributed by atoms with E-state index in [9.17, 15) is 15.4 Å². The Bertz CT molecular complexity index is 1780. The molecule has 6 rings (SSSR count). The maximum atomic E-state index is 11.3. The molecule has 0 bridgehead atoms. The molecule has 11 heteroatoms. The van der Waals surface area contributed by atoms with Crippen molar-refractivity contribution in [2.75, 3.05) is 0 Å². The lowest BCUT2D eigenvalue weighted by Crippen LogP contribution is -2.33. The summed E-state index contributed by atoms with van der Waals surface area (Å²) in [5.74, 6) is 3.02. The Morgan fingerprint density at radius 2 is 1.95 bits per heavy atom. The molecular formula is C27H20BN7O3.